The smallest absolute Gasteiger partial charge is 0.375 e. The molecule has 0 aromatic carbocycles. The van der Waals surface area contributed by atoms with Crippen LogP contribution in [0.4, 0.5) is 0 Å². The molecule has 0 radical (unpaired) electrons. The summed E-state index contributed by atoms with van der Waals surface area (Å²) in [6, 6.07) is 3.37. The summed E-state index contributed by atoms with van der Waals surface area (Å²) in [4.78, 5) is 35.7. The van der Waals surface area contributed by atoms with Crippen LogP contribution in [-0.4, -0.2) is 24.1 Å². The molecule has 0 spiro atoms. The number of hydrogen-bond donors (Lipinski definition) is 0. The monoisotopic (exact) mass is 332 g/mol. The van der Waals surface area contributed by atoms with Crippen molar-refractivity contribution in [2.45, 2.75) is 20.3 Å². The van der Waals surface area contributed by atoms with Gasteiger partial charge in [0.1, 0.15) is 0 Å². The van der Waals surface area contributed by atoms with Crippen LogP contribution < -0.4 is 0 Å². The van der Waals surface area contributed by atoms with Gasteiger partial charge >= 0.3 is 5.97 Å². The van der Waals surface area contributed by atoms with Crippen molar-refractivity contribution >= 4 is 44.8 Å². The molecule has 0 N–H and O–H groups in total. The van der Waals surface area contributed by atoms with Crippen molar-refractivity contribution in [2.24, 2.45) is 5.92 Å². The second-order valence-electron chi connectivity index (χ2n) is 3.51. The van der Waals surface area contributed by atoms with Gasteiger partial charge in [-0.3, -0.25) is 9.59 Å². The minimum Gasteiger partial charge on any atom is -0.460 e. The SMILES string of the molecule is CCOC(=O)C(=O)C(CC)C(=O)c1ccc(Br)s1. The number of ether oxygens (including phenoxy) is 1. The minimum atomic E-state index is -0.949. The van der Waals surface area contributed by atoms with E-state index in [1.165, 1.54) is 11.3 Å². The number of thiophene rings is 1. The largest absolute Gasteiger partial charge is 0.460 e. The first-order valence-corrected chi connectivity index (χ1v) is 7.12. The van der Waals surface area contributed by atoms with Gasteiger partial charge in [-0.15, -0.1) is 11.3 Å². The van der Waals surface area contributed by atoms with E-state index in [1.54, 1.807) is 26.0 Å². The molecule has 4 nitrogen and oxygen atoms in total. The summed E-state index contributed by atoms with van der Waals surface area (Å²) in [6.45, 7) is 3.44. The lowest BCUT2D eigenvalue weighted by molar-refractivity contribution is -0.154. The Morgan fingerprint density at radius 2 is 2.00 bits per heavy atom. The van der Waals surface area contributed by atoms with Crippen molar-refractivity contribution in [1.29, 1.82) is 0 Å². The number of rotatable bonds is 6. The van der Waals surface area contributed by atoms with E-state index in [0.717, 1.165) is 3.79 Å². The van der Waals surface area contributed by atoms with Crippen LogP contribution in [0.1, 0.15) is 29.9 Å². The number of carbonyl (C=O) groups is 3. The number of carbonyl (C=O) groups excluding carboxylic acids is 3. The number of esters is 1. The van der Waals surface area contributed by atoms with E-state index in [4.69, 9.17) is 0 Å². The topological polar surface area (TPSA) is 60.4 Å². The van der Waals surface area contributed by atoms with Gasteiger partial charge < -0.3 is 4.74 Å². The molecule has 1 aromatic heterocycles. The maximum absolute atomic E-state index is 12.1. The summed E-state index contributed by atoms with van der Waals surface area (Å²) in [5.41, 5.74) is 0. The van der Waals surface area contributed by atoms with Gasteiger partial charge in [0, 0.05) is 0 Å². The van der Waals surface area contributed by atoms with Crippen LogP contribution in [0.2, 0.25) is 0 Å². The third-order valence-corrected chi connectivity index (χ3v) is 3.97. The van der Waals surface area contributed by atoms with Crippen molar-refractivity contribution in [3.8, 4) is 0 Å². The average Bonchev–Trinajstić information content (AvgIpc) is 2.76. The molecule has 0 saturated carbocycles. The highest BCUT2D eigenvalue weighted by Crippen LogP contribution is 2.25. The highest BCUT2D eigenvalue weighted by atomic mass is 79.9. The minimum absolute atomic E-state index is 0.125. The van der Waals surface area contributed by atoms with Crippen molar-refractivity contribution in [1.82, 2.24) is 0 Å². The van der Waals surface area contributed by atoms with E-state index in [0.29, 0.717) is 4.88 Å². The van der Waals surface area contributed by atoms with Gasteiger partial charge in [0.25, 0.3) is 5.78 Å². The van der Waals surface area contributed by atoms with E-state index in [1.807, 2.05) is 0 Å². The number of halogens is 1. The van der Waals surface area contributed by atoms with E-state index in [2.05, 4.69) is 20.7 Å². The van der Waals surface area contributed by atoms with Gasteiger partial charge in [0.15, 0.2) is 5.78 Å². The summed E-state index contributed by atoms with van der Waals surface area (Å²) in [5, 5.41) is 0. The predicted molar refractivity (Wildman–Crippen MR) is 71.8 cm³/mol. The molecule has 1 aromatic rings. The van der Waals surface area contributed by atoms with Gasteiger partial charge in [-0.1, -0.05) is 6.92 Å². The van der Waals surface area contributed by atoms with Gasteiger partial charge in [0.05, 0.1) is 21.2 Å². The zero-order valence-corrected chi connectivity index (χ0v) is 12.5. The van der Waals surface area contributed by atoms with E-state index >= 15 is 0 Å². The standard InChI is InChI=1S/C12H13BrO4S/c1-3-7(11(15)12(16)17-4-2)10(14)8-5-6-9(13)18-8/h5-7H,3-4H2,1-2H3. The Bertz CT molecular complexity index is 466. The Balaban J connectivity index is 2.86. The summed E-state index contributed by atoms with van der Waals surface area (Å²) >= 11 is 4.50. The van der Waals surface area contributed by atoms with Gasteiger partial charge in [-0.25, -0.2) is 4.79 Å². The lowest BCUT2D eigenvalue weighted by atomic mass is 9.95. The molecular formula is C12H13BrO4S. The van der Waals surface area contributed by atoms with Gasteiger partial charge in [0.2, 0.25) is 0 Å². The van der Waals surface area contributed by atoms with Crippen LogP contribution in [0.25, 0.3) is 0 Å². The third kappa shape index (κ3) is 3.49. The van der Waals surface area contributed by atoms with Crippen LogP contribution in [0.5, 0.6) is 0 Å². The Morgan fingerprint density at radius 3 is 2.44 bits per heavy atom. The Labute approximate surface area is 117 Å². The molecule has 0 aliphatic heterocycles. The highest BCUT2D eigenvalue weighted by molar-refractivity contribution is 9.11. The Hall–Kier alpha value is -1.01. The lowest BCUT2D eigenvalue weighted by Gasteiger charge is -2.10. The molecule has 0 amide bonds. The fourth-order valence-electron chi connectivity index (χ4n) is 1.45. The second-order valence-corrected chi connectivity index (χ2v) is 5.98. The summed E-state index contributed by atoms with van der Waals surface area (Å²) < 4.78 is 5.44. The molecule has 18 heavy (non-hydrogen) atoms. The van der Waals surface area contributed by atoms with Crippen molar-refractivity contribution in [3.63, 3.8) is 0 Å². The molecule has 1 rings (SSSR count). The van der Waals surface area contributed by atoms with Crippen molar-refractivity contribution in [3.05, 3.63) is 20.8 Å². The molecule has 0 fully saturated rings. The zero-order chi connectivity index (χ0) is 13.7. The third-order valence-electron chi connectivity index (χ3n) is 2.33. The van der Waals surface area contributed by atoms with Crippen molar-refractivity contribution in [2.75, 3.05) is 6.61 Å². The second kappa shape index (κ2) is 6.80. The first kappa shape index (κ1) is 15.0. The van der Waals surface area contributed by atoms with Crippen molar-refractivity contribution < 1.29 is 19.1 Å². The maximum Gasteiger partial charge on any atom is 0.375 e. The molecule has 0 bridgehead atoms. The quantitative estimate of drug-likeness (QED) is 0.348. The van der Waals surface area contributed by atoms with Crippen LogP contribution in [0, 0.1) is 5.92 Å². The summed E-state index contributed by atoms with van der Waals surface area (Å²) in [6.07, 6.45) is 0.284. The Kier molecular flexibility index (Phi) is 5.68. The maximum atomic E-state index is 12.1. The fourth-order valence-corrected chi connectivity index (χ4v) is 2.83. The van der Waals surface area contributed by atoms with E-state index in [9.17, 15) is 14.4 Å². The van der Waals surface area contributed by atoms with Crippen LogP contribution in [0.15, 0.2) is 15.9 Å². The molecule has 6 heteroatoms. The first-order chi connectivity index (χ1) is 8.51. The van der Waals surface area contributed by atoms with Crippen LogP contribution >= 0.6 is 27.3 Å². The number of Topliss-reactive ketones (excluding diaryl/α,β-unsaturated/α-hetero) is 2. The summed E-state index contributed by atoms with van der Waals surface area (Å²) in [7, 11) is 0. The normalized spacial score (nSPS) is 11.9. The Morgan fingerprint density at radius 1 is 1.33 bits per heavy atom. The molecular weight excluding hydrogens is 320 g/mol. The molecule has 0 aliphatic carbocycles. The average molecular weight is 333 g/mol. The van der Waals surface area contributed by atoms with Gasteiger partial charge in [-0.05, 0) is 41.4 Å². The molecule has 1 atom stereocenters. The predicted octanol–water partition coefficient (Wildman–Crippen LogP) is 2.85. The van der Waals surface area contributed by atoms with E-state index < -0.39 is 17.7 Å². The molecule has 0 aliphatic rings. The molecule has 1 heterocycles. The van der Waals surface area contributed by atoms with Gasteiger partial charge in [-0.2, -0.15) is 0 Å². The van der Waals surface area contributed by atoms with Crippen LogP contribution in [-0.2, 0) is 14.3 Å². The lowest BCUT2D eigenvalue weighted by Crippen LogP contribution is -2.31. The molecule has 0 saturated heterocycles. The highest BCUT2D eigenvalue weighted by Gasteiger charge is 2.32. The van der Waals surface area contributed by atoms with E-state index in [-0.39, 0.29) is 18.8 Å². The zero-order valence-electron chi connectivity index (χ0n) is 10.1. The summed E-state index contributed by atoms with van der Waals surface area (Å²) in [5.74, 6) is -2.98. The fraction of sp³-hybridized carbons (Fsp3) is 0.417. The first-order valence-electron chi connectivity index (χ1n) is 5.51. The number of ketones is 2. The van der Waals surface area contributed by atoms with Crippen LogP contribution in [0.3, 0.4) is 0 Å². The molecule has 1 unspecified atom stereocenters. The molecule has 98 valence electrons. The number of hydrogen-bond acceptors (Lipinski definition) is 5.